The SMILES string of the molecule is O=C(c1ccccc1)N(CCN1CCOCC1)C1=c2ccccc2=C2CCCCC2N1. The molecule has 1 N–H and O–H groups in total. The van der Waals surface area contributed by atoms with Crippen LogP contribution in [0.4, 0.5) is 0 Å². The third kappa shape index (κ3) is 4.25. The van der Waals surface area contributed by atoms with Gasteiger partial charge in [-0.3, -0.25) is 14.6 Å². The topological polar surface area (TPSA) is 44.8 Å². The molecule has 5 nitrogen and oxygen atoms in total. The van der Waals surface area contributed by atoms with Crippen molar-refractivity contribution in [2.24, 2.45) is 0 Å². The fraction of sp³-hybridized carbons (Fsp3) is 0.423. The first-order chi connectivity index (χ1) is 15.3. The molecule has 0 bridgehead atoms. The maximum Gasteiger partial charge on any atom is 0.259 e. The van der Waals surface area contributed by atoms with Crippen molar-refractivity contribution in [1.29, 1.82) is 0 Å². The van der Waals surface area contributed by atoms with Crippen molar-refractivity contribution in [3.8, 4) is 0 Å². The Morgan fingerprint density at radius 3 is 2.55 bits per heavy atom. The van der Waals surface area contributed by atoms with Gasteiger partial charge in [-0.05, 0) is 42.2 Å². The van der Waals surface area contributed by atoms with Gasteiger partial charge in [0.05, 0.1) is 13.2 Å². The summed E-state index contributed by atoms with van der Waals surface area (Å²) in [5.41, 5.74) is 2.24. The Bertz CT molecular complexity index is 1040. The highest BCUT2D eigenvalue weighted by Gasteiger charge is 2.29. The van der Waals surface area contributed by atoms with Crippen LogP contribution in [-0.2, 0) is 4.74 Å². The molecule has 2 aliphatic heterocycles. The lowest BCUT2D eigenvalue weighted by Gasteiger charge is -2.37. The number of fused-ring (bicyclic) bond motifs is 2. The molecular formula is C26H31N3O2. The van der Waals surface area contributed by atoms with Gasteiger partial charge in [-0.15, -0.1) is 0 Å². The van der Waals surface area contributed by atoms with Gasteiger partial charge < -0.3 is 10.1 Å². The van der Waals surface area contributed by atoms with E-state index in [2.05, 4.69) is 34.5 Å². The van der Waals surface area contributed by atoms with Crippen LogP contribution in [0, 0.1) is 0 Å². The van der Waals surface area contributed by atoms with Crippen LogP contribution in [0.25, 0.3) is 11.4 Å². The molecule has 31 heavy (non-hydrogen) atoms. The molecule has 1 aliphatic carbocycles. The molecular weight excluding hydrogens is 386 g/mol. The van der Waals surface area contributed by atoms with Gasteiger partial charge in [0.2, 0.25) is 0 Å². The Labute approximate surface area is 184 Å². The van der Waals surface area contributed by atoms with Crippen molar-refractivity contribution in [3.05, 3.63) is 70.6 Å². The number of nitrogens with zero attached hydrogens (tertiary/aromatic N) is 2. The number of nitrogens with one attached hydrogen (secondary N) is 1. The van der Waals surface area contributed by atoms with E-state index < -0.39 is 0 Å². The van der Waals surface area contributed by atoms with Crippen molar-refractivity contribution in [2.75, 3.05) is 39.4 Å². The molecule has 2 aromatic rings. The van der Waals surface area contributed by atoms with Gasteiger partial charge in [0, 0.05) is 43.0 Å². The summed E-state index contributed by atoms with van der Waals surface area (Å²) in [6.07, 6.45) is 4.75. The van der Waals surface area contributed by atoms with Gasteiger partial charge in [-0.2, -0.15) is 0 Å². The lowest BCUT2D eigenvalue weighted by molar-refractivity contribution is 0.0348. The molecule has 1 saturated carbocycles. The van der Waals surface area contributed by atoms with E-state index in [9.17, 15) is 4.79 Å². The number of benzene rings is 2. The third-order valence-electron chi connectivity index (χ3n) is 6.73. The van der Waals surface area contributed by atoms with Crippen LogP contribution >= 0.6 is 0 Å². The molecule has 0 radical (unpaired) electrons. The molecule has 5 heteroatoms. The van der Waals surface area contributed by atoms with Crippen LogP contribution < -0.4 is 15.8 Å². The van der Waals surface area contributed by atoms with Crippen molar-refractivity contribution in [2.45, 2.75) is 31.7 Å². The molecule has 2 aromatic carbocycles. The van der Waals surface area contributed by atoms with Gasteiger partial charge in [0.1, 0.15) is 5.82 Å². The van der Waals surface area contributed by atoms with E-state index in [1.807, 2.05) is 35.2 Å². The zero-order chi connectivity index (χ0) is 21.0. The zero-order valence-electron chi connectivity index (χ0n) is 18.1. The minimum absolute atomic E-state index is 0.0606. The van der Waals surface area contributed by atoms with E-state index >= 15 is 0 Å². The Kier molecular flexibility index (Phi) is 6.05. The van der Waals surface area contributed by atoms with Gasteiger partial charge in [0.25, 0.3) is 5.91 Å². The van der Waals surface area contributed by atoms with Crippen LogP contribution in [0.5, 0.6) is 0 Å². The molecule has 2 fully saturated rings. The first-order valence-corrected chi connectivity index (χ1v) is 11.6. The smallest absolute Gasteiger partial charge is 0.259 e. The van der Waals surface area contributed by atoms with Crippen molar-refractivity contribution >= 4 is 17.3 Å². The number of carbonyl (C=O) groups is 1. The van der Waals surface area contributed by atoms with Crippen LogP contribution in [0.15, 0.2) is 54.6 Å². The number of hydrogen-bond donors (Lipinski definition) is 1. The second-order valence-electron chi connectivity index (χ2n) is 8.64. The van der Waals surface area contributed by atoms with Crippen molar-refractivity contribution < 1.29 is 9.53 Å². The maximum atomic E-state index is 13.7. The van der Waals surface area contributed by atoms with Gasteiger partial charge in [-0.25, -0.2) is 0 Å². The Morgan fingerprint density at radius 1 is 1.00 bits per heavy atom. The number of amides is 1. The summed E-state index contributed by atoms with van der Waals surface area (Å²) in [6.45, 7) is 4.89. The van der Waals surface area contributed by atoms with Crippen LogP contribution in [0.2, 0.25) is 0 Å². The second kappa shape index (κ2) is 9.25. The summed E-state index contributed by atoms with van der Waals surface area (Å²) < 4.78 is 5.50. The van der Waals surface area contributed by atoms with Crippen LogP contribution in [0.1, 0.15) is 36.0 Å². The summed E-state index contributed by atoms with van der Waals surface area (Å²) in [4.78, 5) is 18.1. The normalized spacial score (nSPS) is 21.1. The fourth-order valence-electron chi connectivity index (χ4n) is 5.05. The van der Waals surface area contributed by atoms with E-state index in [1.165, 1.54) is 23.6 Å². The summed E-state index contributed by atoms with van der Waals surface area (Å²) in [6, 6.07) is 18.6. The lowest BCUT2D eigenvalue weighted by Crippen LogP contribution is -2.54. The number of hydrogen-bond acceptors (Lipinski definition) is 4. The molecule has 5 rings (SSSR count). The highest BCUT2D eigenvalue weighted by atomic mass is 16.5. The standard InChI is InChI=1S/C26H31N3O2/c30-26(20-8-2-1-3-9-20)29(15-14-28-16-18-31-19-17-28)25-23-12-5-4-10-21(23)22-11-6-7-13-24(22)27-25/h1-5,8-10,12,24,27H,6-7,11,13-19H2. The summed E-state index contributed by atoms with van der Waals surface area (Å²) in [5, 5.41) is 6.26. The largest absolute Gasteiger partial charge is 0.379 e. The van der Waals surface area contributed by atoms with E-state index in [0.29, 0.717) is 12.6 Å². The minimum atomic E-state index is 0.0606. The molecule has 1 amide bonds. The summed E-state index contributed by atoms with van der Waals surface area (Å²) in [7, 11) is 0. The van der Waals surface area contributed by atoms with E-state index in [4.69, 9.17) is 4.74 Å². The average molecular weight is 418 g/mol. The quantitative estimate of drug-likeness (QED) is 0.808. The predicted molar refractivity (Wildman–Crippen MR) is 123 cm³/mol. The van der Waals surface area contributed by atoms with Crippen LogP contribution in [-0.4, -0.2) is 61.1 Å². The Hall–Kier alpha value is -2.63. The monoisotopic (exact) mass is 417 g/mol. The highest BCUT2D eigenvalue weighted by Crippen LogP contribution is 2.26. The zero-order valence-corrected chi connectivity index (χ0v) is 18.1. The molecule has 2 heterocycles. The predicted octanol–water partition coefficient (Wildman–Crippen LogP) is 1.92. The van der Waals surface area contributed by atoms with Crippen molar-refractivity contribution in [1.82, 2.24) is 15.1 Å². The summed E-state index contributed by atoms with van der Waals surface area (Å²) in [5.74, 6) is 1.03. The van der Waals surface area contributed by atoms with Gasteiger partial charge in [0.15, 0.2) is 0 Å². The van der Waals surface area contributed by atoms with E-state index in [0.717, 1.165) is 62.3 Å². The fourth-order valence-corrected chi connectivity index (χ4v) is 5.05. The maximum absolute atomic E-state index is 13.7. The average Bonchev–Trinajstić information content (AvgIpc) is 2.85. The van der Waals surface area contributed by atoms with Gasteiger partial charge in [-0.1, -0.05) is 48.9 Å². The first-order valence-electron chi connectivity index (χ1n) is 11.6. The Balaban J connectivity index is 1.56. The molecule has 162 valence electrons. The molecule has 0 spiro atoms. The molecule has 1 saturated heterocycles. The summed E-state index contributed by atoms with van der Waals surface area (Å²) >= 11 is 0. The Morgan fingerprint density at radius 2 is 1.74 bits per heavy atom. The van der Waals surface area contributed by atoms with E-state index in [1.54, 1.807) is 0 Å². The second-order valence-corrected chi connectivity index (χ2v) is 8.64. The number of morpholine rings is 1. The lowest BCUT2D eigenvalue weighted by atomic mass is 9.86. The highest BCUT2D eigenvalue weighted by molar-refractivity contribution is 5.98. The molecule has 0 aromatic heterocycles. The number of rotatable bonds is 5. The van der Waals surface area contributed by atoms with Gasteiger partial charge >= 0.3 is 0 Å². The van der Waals surface area contributed by atoms with Crippen LogP contribution in [0.3, 0.4) is 0 Å². The van der Waals surface area contributed by atoms with E-state index in [-0.39, 0.29) is 5.91 Å². The minimum Gasteiger partial charge on any atom is -0.379 e. The first kappa shape index (κ1) is 20.3. The van der Waals surface area contributed by atoms with Crippen molar-refractivity contribution in [3.63, 3.8) is 0 Å². The number of ether oxygens (including phenoxy) is 1. The third-order valence-corrected chi connectivity index (χ3v) is 6.73. The number of carbonyl (C=O) groups excluding carboxylic acids is 1. The molecule has 3 aliphatic rings. The molecule has 1 unspecified atom stereocenters. The molecule has 1 atom stereocenters.